The van der Waals surface area contributed by atoms with E-state index in [4.69, 9.17) is 27.9 Å². The van der Waals surface area contributed by atoms with Gasteiger partial charge >= 0.3 is 0 Å². The fourth-order valence-corrected chi connectivity index (χ4v) is 2.56. The van der Waals surface area contributed by atoms with Crippen LogP contribution in [0.5, 0.6) is 5.75 Å². The number of hydrogen-bond acceptors (Lipinski definition) is 4. The van der Waals surface area contributed by atoms with Crippen molar-refractivity contribution in [2.75, 3.05) is 6.61 Å². The average Bonchev–Trinajstić information content (AvgIpc) is 2.57. The summed E-state index contributed by atoms with van der Waals surface area (Å²) < 4.78 is 6.82. The Hall–Kier alpha value is -2.08. The molecule has 0 aliphatic rings. The van der Waals surface area contributed by atoms with E-state index in [1.165, 1.54) is 10.9 Å². The Bertz CT molecular complexity index is 910. The molecule has 0 spiro atoms. The number of aromatic nitrogens is 2. The van der Waals surface area contributed by atoms with E-state index in [-0.39, 0.29) is 18.7 Å². The minimum atomic E-state index is -0.864. The van der Waals surface area contributed by atoms with Crippen molar-refractivity contribution in [3.05, 3.63) is 69.2 Å². The second-order valence-electron chi connectivity index (χ2n) is 5.28. The Morgan fingerprint density at radius 1 is 1.12 bits per heavy atom. The Balaban J connectivity index is 1.71. The summed E-state index contributed by atoms with van der Waals surface area (Å²) >= 11 is 11.7. The van der Waals surface area contributed by atoms with Crippen molar-refractivity contribution in [2.24, 2.45) is 0 Å². The van der Waals surface area contributed by atoms with Crippen molar-refractivity contribution in [3.8, 4) is 5.75 Å². The summed E-state index contributed by atoms with van der Waals surface area (Å²) in [5, 5.41) is 11.6. The zero-order valence-electron chi connectivity index (χ0n) is 12.5. The van der Waals surface area contributed by atoms with Gasteiger partial charge in [0.25, 0.3) is 5.56 Å². The highest BCUT2D eigenvalue weighted by Gasteiger charge is 2.10. The van der Waals surface area contributed by atoms with Crippen molar-refractivity contribution >= 4 is 34.1 Å². The van der Waals surface area contributed by atoms with Gasteiger partial charge in [-0.15, -0.1) is 0 Å². The fraction of sp³-hybridized carbons (Fsp3) is 0.176. The Kier molecular flexibility index (Phi) is 5.04. The number of halogens is 2. The molecule has 1 heterocycles. The zero-order chi connectivity index (χ0) is 17.1. The molecular formula is C17H14Cl2N2O3. The van der Waals surface area contributed by atoms with Gasteiger partial charge < -0.3 is 9.84 Å². The molecule has 1 atom stereocenters. The summed E-state index contributed by atoms with van der Waals surface area (Å²) in [6, 6.07) is 11.7. The molecule has 3 aromatic rings. The predicted octanol–water partition coefficient (Wildman–Crippen LogP) is 3.14. The van der Waals surface area contributed by atoms with Crippen LogP contribution < -0.4 is 10.3 Å². The number of ether oxygens (including phenoxy) is 1. The van der Waals surface area contributed by atoms with Crippen molar-refractivity contribution in [2.45, 2.75) is 12.6 Å². The van der Waals surface area contributed by atoms with Crippen molar-refractivity contribution in [1.29, 1.82) is 0 Å². The van der Waals surface area contributed by atoms with E-state index in [0.717, 1.165) is 0 Å². The lowest BCUT2D eigenvalue weighted by Gasteiger charge is -2.14. The number of hydrogen-bond donors (Lipinski definition) is 1. The van der Waals surface area contributed by atoms with E-state index >= 15 is 0 Å². The van der Waals surface area contributed by atoms with Gasteiger partial charge in [-0.1, -0.05) is 23.2 Å². The first kappa shape index (κ1) is 16.8. The number of nitrogens with zero attached hydrogens (tertiary/aromatic N) is 2. The average molecular weight is 365 g/mol. The summed E-state index contributed by atoms with van der Waals surface area (Å²) in [6.45, 7) is 0.115. The summed E-state index contributed by atoms with van der Waals surface area (Å²) in [6.07, 6.45) is 0.543. The largest absolute Gasteiger partial charge is 0.491 e. The molecule has 0 saturated carbocycles. The van der Waals surface area contributed by atoms with Crippen LogP contribution in [0.25, 0.3) is 10.9 Å². The van der Waals surface area contributed by atoms with Gasteiger partial charge in [0.2, 0.25) is 0 Å². The summed E-state index contributed by atoms with van der Waals surface area (Å²) in [4.78, 5) is 16.6. The third kappa shape index (κ3) is 3.87. The Labute approximate surface area is 148 Å². The van der Waals surface area contributed by atoms with Crippen LogP contribution in [-0.4, -0.2) is 27.4 Å². The first-order chi connectivity index (χ1) is 11.5. The highest BCUT2D eigenvalue weighted by atomic mass is 35.5. The number of aliphatic hydroxyl groups is 1. The summed E-state index contributed by atoms with van der Waals surface area (Å²) in [5.41, 5.74) is 0.306. The molecule has 7 heteroatoms. The first-order valence-corrected chi connectivity index (χ1v) is 7.99. The Morgan fingerprint density at radius 3 is 2.58 bits per heavy atom. The summed E-state index contributed by atoms with van der Waals surface area (Å²) in [5.74, 6) is 0.592. The van der Waals surface area contributed by atoms with E-state index in [0.29, 0.717) is 26.7 Å². The van der Waals surface area contributed by atoms with Crippen LogP contribution in [0.1, 0.15) is 0 Å². The second-order valence-corrected chi connectivity index (χ2v) is 6.16. The molecule has 2 aromatic carbocycles. The number of aliphatic hydroxyl groups excluding tert-OH is 1. The maximum absolute atomic E-state index is 12.4. The smallest absolute Gasteiger partial charge is 0.261 e. The lowest BCUT2D eigenvalue weighted by atomic mass is 10.2. The molecule has 1 N–H and O–H groups in total. The molecule has 5 nitrogen and oxygen atoms in total. The van der Waals surface area contributed by atoms with Crippen molar-refractivity contribution in [1.82, 2.24) is 9.55 Å². The first-order valence-electron chi connectivity index (χ1n) is 7.24. The maximum Gasteiger partial charge on any atom is 0.261 e. The third-order valence-corrected chi connectivity index (χ3v) is 3.94. The van der Waals surface area contributed by atoms with Crippen LogP contribution in [0.3, 0.4) is 0 Å². The zero-order valence-corrected chi connectivity index (χ0v) is 14.0. The monoisotopic (exact) mass is 364 g/mol. The third-order valence-electron chi connectivity index (χ3n) is 3.45. The highest BCUT2D eigenvalue weighted by molar-refractivity contribution is 6.31. The van der Waals surface area contributed by atoms with E-state index in [1.807, 2.05) is 0 Å². The molecule has 0 fully saturated rings. The van der Waals surface area contributed by atoms with Gasteiger partial charge in [0.15, 0.2) is 0 Å². The van der Waals surface area contributed by atoms with Crippen LogP contribution >= 0.6 is 23.2 Å². The van der Waals surface area contributed by atoms with Crippen molar-refractivity contribution in [3.63, 3.8) is 0 Å². The molecule has 0 bridgehead atoms. The molecule has 0 aliphatic heterocycles. The number of rotatable bonds is 5. The van der Waals surface area contributed by atoms with Crippen LogP contribution in [0, 0.1) is 0 Å². The van der Waals surface area contributed by atoms with Crippen molar-refractivity contribution < 1.29 is 9.84 Å². The van der Waals surface area contributed by atoms with E-state index in [1.54, 1.807) is 42.5 Å². The minimum Gasteiger partial charge on any atom is -0.491 e. The molecule has 1 aromatic heterocycles. The molecule has 0 unspecified atom stereocenters. The topological polar surface area (TPSA) is 64.4 Å². The maximum atomic E-state index is 12.4. The molecule has 124 valence electrons. The second kappa shape index (κ2) is 7.21. The van der Waals surface area contributed by atoms with Crippen LogP contribution in [0.4, 0.5) is 0 Å². The molecule has 24 heavy (non-hydrogen) atoms. The van der Waals surface area contributed by atoms with Gasteiger partial charge in [-0.3, -0.25) is 9.36 Å². The lowest BCUT2D eigenvalue weighted by molar-refractivity contribution is 0.0915. The molecule has 3 rings (SSSR count). The molecule has 0 amide bonds. The van der Waals surface area contributed by atoms with E-state index in [2.05, 4.69) is 4.98 Å². The molecule has 0 aliphatic carbocycles. The van der Waals surface area contributed by atoms with E-state index in [9.17, 15) is 9.90 Å². The van der Waals surface area contributed by atoms with Gasteiger partial charge in [-0.2, -0.15) is 0 Å². The van der Waals surface area contributed by atoms with Crippen LogP contribution in [-0.2, 0) is 6.54 Å². The van der Waals surface area contributed by atoms with Gasteiger partial charge in [-0.05, 0) is 42.5 Å². The standard InChI is InChI=1S/C17H14Cl2N2O3/c18-11-1-4-14(5-2-11)24-9-13(22)8-21-10-20-16-6-3-12(19)7-15(16)17(21)23/h1-7,10,13,22H,8-9H2/t13-/m1/s1. The normalized spacial score (nSPS) is 12.3. The van der Waals surface area contributed by atoms with E-state index < -0.39 is 6.10 Å². The minimum absolute atomic E-state index is 0.0433. The van der Waals surface area contributed by atoms with Crippen LogP contribution in [0.15, 0.2) is 53.6 Å². The van der Waals surface area contributed by atoms with Gasteiger partial charge in [0.1, 0.15) is 18.5 Å². The van der Waals surface area contributed by atoms with Gasteiger partial charge in [-0.25, -0.2) is 4.98 Å². The summed E-state index contributed by atoms with van der Waals surface area (Å²) in [7, 11) is 0. The van der Waals surface area contributed by atoms with Gasteiger partial charge in [0.05, 0.1) is 23.8 Å². The SMILES string of the molecule is O=c1c2cc(Cl)ccc2ncn1C[C@@H](O)COc1ccc(Cl)cc1. The quantitative estimate of drug-likeness (QED) is 0.755. The van der Waals surface area contributed by atoms with Gasteiger partial charge in [0, 0.05) is 10.0 Å². The Morgan fingerprint density at radius 2 is 1.83 bits per heavy atom. The predicted molar refractivity (Wildman–Crippen MR) is 94.0 cm³/mol. The molecular weight excluding hydrogens is 351 g/mol. The lowest BCUT2D eigenvalue weighted by Crippen LogP contribution is -2.30. The fourth-order valence-electron chi connectivity index (χ4n) is 2.26. The number of fused-ring (bicyclic) bond motifs is 1. The number of benzene rings is 2. The molecule has 0 saturated heterocycles. The van der Waals surface area contributed by atoms with Crippen LogP contribution in [0.2, 0.25) is 10.0 Å². The molecule has 0 radical (unpaired) electrons. The highest BCUT2D eigenvalue weighted by Crippen LogP contribution is 2.16.